The molecule has 0 unspecified atom stereocenters. The Kier molecular flexibility index (Phi) is 6.11. The number of nitrogens with zero attached hydrogens (tertiary/aromatic N) is 1. The molecule has 1 fully saturated rings. The number of nitrogens with one attached hydrogen (secondary N) is 1. The predicted octanol–water partition coefficient (Wildman–Crippen LogP) is 3.17. The molecular weight excluding hydrogens is 449 g/mol. The third-order valence-corrected chi connectivity index (χ3v) is 5.92. The largest absolute Gasteiger partial charge is 0.462 e. The quantitative estimate of drug-likeness (QED) is 0.556. The van der Waals surface area contributed by atoms with Crippen LogP contribution in [0.4, 0.5) is 24.0 Å². The van der Waals surface area contributed by atoms with Gasteiger partial charge in [-0.1, -0.05) is 0 Å². The number of halogens is 3. The summed E-state index contributed by atoms with van der Waals surface area (Å²) in [4.78, 5) is 13.9. The number of fused-ring (bicyclic) bond motifs is 1. The van der Waals surface area contributed by atoms with Crippen LogP contribution in [0.5, 0.6) is 0 Å². The highest BCUT2D eigenvalue weighted by molar-refractivity contribution is 7.86. The van der Waals surface area contributed by atoms with Gasteiger partial charge in [-0.15, -0.1) is 3.89 Å². The Labute approximate surface area is 182 Å². The smallest absolute Gasteiger partial charge is 0.335 e. The number of hydrogen-bond acceptors (Lipinski definition) is 7. The van der Waals surface area contributed by atoms with Crippen LogP contribution in [0.3, 0.4) is 0 Å². The van der Waals surface area contributed by atoms with Crippen LogP contribution in [-0.4, -0.2) is 41.3 Å². The molecule has 1 saturated heterocycles. The van der Waals surface area contributed by atoms with E-state index in [1.54, 1.807) is 0 Å². The second kappa shape index (κ2) is 8.83. The standard InChI is InChI=1S/C21H19F3N2O5S/c22-13-7-14(23)9-15(8-13)25-2-1-17-19(26-3-5-30-6-4-26)11-20(27)18-10-16(32(24,28)29)12-31-21(17)18/h7-12,25H,1-6H2. The lowest BCUT2D eigenvalue weighted by Crippen LogP contribution is -2.37. The Morgan fingerprint density at radius 2 is 1.72 bits per heavy atom. The molecule has 11 heteroatoms. The molecule has 2 heterocycles. The normalized spacial score (nSPS) is 14.7. The van der Waals surface area contributed by atoms with E-state index in [-0.39, 0.29) is 30.0 Å². The van der Waals surface area contributed by atoms with Crippen molar-refractivity contribution in [3.8, 4) is 11.3 Å². The van der Waals surface area contributed by atoms with Gasteiger partial charge in [-0.05, 0) is 24.6 Å². The third-order valence-electron chi connectivity index (χ3n) is 5.14. The summed E-state index contributed by atoms with van der Waals surface area (Å²) in [5.74, 6) is -1.33. The Bertz CT molecular complexity index is 1250. The zero-order valence-electron chi connectivity index (χ0n) is 16.7. The second-order valence-electron chi connectivity index (χ2n) is 7.27. The summed E-state index contributed by atoms with van der Waals surface area (Å²) in [6, 6.07) is 5.35. The molecule has 0 atom stereocenters. The fraction of sp³-hybridized carbons (Fsp3) is 0.286. The molecule has 0 aromatic heterocycles. The molecule has 0 spiro atoms. The summed E-state index contributed by atoms with van der Waals surface area (Å²) in [7, 11) is -5.06. The Balaban J connectivity index is 1.73. The van der Waals surface area contributed by atoms with Crippen molar-refractivity contribution < 1.29 is 30.2 Å². The predicted molar refractivity (Wildman–Crippen MR) is 111 cm³/mol. The van der Waals surface area contributed by atoms with Gasteiger partial charge in [0.25, 0.3) is 0 Å². The minimum absolute atomic E-state index is 0.0764. The molecule has 3 aliphatic rings. The lowest BCUT2D eigenvalue weighted by atomic mass is 9.98. The maximum Gasteiger partial charge on any atom is 0.335 e. The van der Waals surface area contributed by atoms with E-state index in [2.05, 4.69) is 5.32 Å². The summed E-state index contributed by atoms with van der Waals surface area (Å²) in [5, 5.41) is 2.92. The van der Waals surface area contributed by atoms with Crippen molar-refractivity contribution in [1.29, 1.82) is 0 Å². The topological polar surface area (TPSA) is 88.8 Å². The maximum atomic E-state index is 13.4. The van der Waals surface area contributed by atoms with Crippen LogP contribution in [0.25, 0.3) is 11.3 Å². The molecular formula is C21H19F3N2O5S. The SMILES string of the molecule is O=c1cc(N2CCOCC2)c(CCNc2cc(F)cc(F)c2)c2occ(S(=O)(=O)F)cc1-2. The summed E-state index contributed by atoms with van der Waals surface area (Å²) >= 11 is 0. The van der Waals surface area contributed by atoms with E-state index >= 15 is 0 Å². The lowest BCUT2D eigenvalue weighted by molar-refractivity contribution is 0.122. The van der Waals surface area contributed by atoms with Gasteiger partial charge < -0.3 is 19.4 Å². The van der Waals surface area contributed by atoms with E-state index in [1.165, 1.54) is 6.07 Å². The molecule has 0 bridgehead atoms. The molecule has 1 N–H and O–H groups in total. The van der Waals surface area contributed by atoms with Crippen molar-refractivity contribution in [1.82, 2.24) is 0 Å². The Morgan fingerprint density at radius 3 is 2.38 bits per heavy atom. The minimum atomic E-state index is -5.06. The van der Waals surface area contributed by atoms with Gasteiger partial charge in [0.1, 0.15) is 28.6 Å². The van der Waals surface area contributed by atoms with E-state index in [0.717, 1.165) is 30.5 Å². The molecule has 0 amide bonds. The van der Waals surface area contributed by atoms with Gasteiger partial charge in [0.2, 0.25) is 0 Å². The van der Waals surface area contributed by atoms with Gasteiger partial charge >= 0.3 is 10.2 Å². The highest BCUT2D eigenvalue weighted by Gasteiger charge is 2.25. The fourth-order valence-electron chi connectivity index (χ4n) is 3.69. The van der Waals surface area contributed by atoms with Crippen LogP contribution >= 0.6 is 0 Å². The molecule has 0 radical (unpaired) electrons. The molecule has 1 aromatic rings. The number of anilines is 2. The van der Waals surface area contributed by atoms with Crippen molar-refractivity contribution in [2.45, 2.75) is 11.3 Å². The maximum absolute atomic E-state index is 13.4. The second-order valence-corrected chi connectivity index (χ2v) is 8.62. The summed E-state index contributed by atoms with van der Waals surface area (Å²) < 4.78 is 73.6. The fourth-order valence-corrected chi connectivity index (χ4v) is 4.11. The van der Waals surface area contributed by atoms with E-state index in [0.29, 0.717) is 37.6 Å². The summed E-state index contributed by atoms with van der Waals surface area (Å²) in [6.45, 7) is 2.20. The summed E-state index contributed by atoms with van der Waals surface area (Å²) in [6.07, 6.45) is 1.02. The monoisotopic (exact) mass is 468 g/mol. The molecule has 170 valence electrons. The minimum Gasteiger partial charge on any atom is -0.462 e. The number of hydrogen-bond donors (Lipinski definition) is 1. The first-order valence-electron chi connectivity index (χ1n) is 9.78. The van der Waals surface area contributed by atoms with Gasteiger partial charge in [0.15, 0.2) is 5.43 Å². The van der Waals surface area contributed by atoms with Crippen LogP contribution in [-0.2, 0) is 21.4 Å². The van der Waals surface area contributed by atoms with Crippen LogP contribution in [0.15, 0.2) is 50.7 Å². The van der Waals surface area contributed by atoms with E-state index in [9.17, 15) is 25.9 Å². The molecule has 4 rings (SSSR count). The van der Waals surface area contributed by atoms with Crippen molar-refractivity contribution in [2.24, 2.45) is 0 Å². The van der Waals surface area contributed by atoms with Crippen molar-refractivity contribution in [3.63, 3.8) is 0 Å². The van der Waals surface area contributed by atoms with Crippen molar-refractivity contribution in [2.75, 3.05) is 43.1 Å². The highest BCUT2D eigenvalue weighted by atomic mass is 32.3. The zero-order valence-corrected chi connectivity index (χ0v) is 17.6. The molecule has 1 aliphatic carbocycles. The van der Waals surface area contributed by atoms with Gasteiger partial charge in [-0.25, -0.2) is 8.78 Å². The number of morpholine rings is 1. The van der Waals surface area contributed by atoms with Gasteiger partial charge in [0, 0.05) is 48.7 Å². The van der Waals surface area contributed by atoms with Crippen molar-refractivity contribution >= 4 is 21.6 Å². The number of benzene rings is 2. The molecule has 1 aromatic carbocycles. The molecule has 32 heavy (non-hydrogen) atoms. The van der Waals surface area contributed by atoms with Gasteiger partial charge in [0.05, 0.1) is 18.8 Å². The summed E-state index contributed by atoms with van der Waals surface area (Å²) in [5.41, 5.74) is 0.807. The van der Waals surface area contributed by atoms with E-state index in [4.69, 9.17) is 9.15 Å². The van der Waals surface area contributed by atoms with Crippen molar-refractivity contribution in [3.05, 3.63) is 64.0 Å². The van der Waals surface area contributed by atoms with Crippen LogP contribution < -0.4 is 15.6 Å². The highest BCUT2D eigenvalue weighted by Crippen LogP contribution is 2.33. The van der Waals surface area contributed by atoms with Crippen LogP contribution in [0, 0.1) is 11.6 Å². The average Bonchev–Trinajstić information content (AvgIpc) is 2.74. The molecule has 0 saturated carbocycles. The van der Waals surface area contributed by atoms with Crippen LogP contribution in [0.1, 0.15) is 5.56 Å². The first kappa shape index (κ1) is 22.2. The van der Waals surface area contributed by atoms with Crippen LogP contribution in [0.2, 0.25) is 0 Å². The Morgan fingerprint density at radius 1 is 1.03 bits per heavy atom. The molecule has 7 nitrogen and oxygen atoms in total. The van der Waals surface area contributed by atoms with E-state index < -0.39 is 32.2 Å². The Hall–Kier alpha value is -3.05. The first-order valence-corrected chi connectivity index (χ1v) is 11.2. The van der Waals surface area contributed by atoms with E-state index in [1.807, 2.05) is 4.90 Å². The third kappa shape index (κ3) is 4.73. The average molecular weight is 468 g/mol. The molecule has 2 aliphatic heterocycles. The zero-order chi connectivity index (χ0) is 22.9. The lowest BCUT2D eigenvalue weighted by Gasteiger charge is -2.31. The number of rotatable bonds is 6. The van der Waals surface area contributed by atoms with Gasteiger partial charge in [-0.3, -0.25) is 4.79 Å². The first-order chi connectivity index (χ1) is 15.2. The van der Waals surface area contributed by atoms with Gasteiger partial charge in [-0.2, -0.15) is 8.42 Å². The number of ether oxygens (including phenoxy) is 1.